The molecule has 7 rings (SSSR count). The molecule has 3 amide bonds. The fourth-order valence-electron chi connectivity index (χ4n) is 7.19. The Labute approximate surface area is 244 Å². The molecule has 5 aliphatic rings. The van der Waals surface area contributed by atoms with E-state index in [4.69, 9.17) is 0 Å². The van der Waals surface area contributed by atoms with Crippen LogP contribution in [0.3, 0.4) is 0 Å². The molecular formula is C30H29BrF2N4O4. The lowest BCUT2D eigenvalue weighted by Crippen LogP contribution is -2.70. The number of fused-ring (bicyclic) bond motifs is 6. The quantitative estimate of drug-likeness (QED) is 0.468. The first-order valence-electron chi connectivity index (χ1n) is 13.9. The van der Waals surface area contributed by atoms with E-state index in [1.54, 1.807) is 42.5 Å². The SMILES string of the molecule is N#C[C@@H](C[C@@H]1CCCNC1=O)NC(=O)[C@@H]1[C@H]2CC[C@H](CC2(F)F)N1C(=O)[C@]1(O)c2ccccc2-c2ccc(Br)cc21. The Morgan fingerprint density at radius 3 is 2.66 bits per heavy atom. The summed E-state index contributed by atoms with van der Waals surface area (Å²) < 4.78 is 31.2. The van der Waals surface area contributed by atoms with Crippen molar-refractivity contribution in [3.8, 4) is 17.2 Å². The number of piperidine rings is 3. The molecule has 8 nitrogen and oxygen atoms in total. The van der Waals surface area contributed by atoms with Gasteiger partial charge in [0, 0.05) is 40.5 Å². The number of aliphatic hydroxyl groups is 1. The third kappa shape index (κ3) is 4.43. The first-order chi connectivity index (χ1) is 19.6. The van der Waals surface area contributed by atoms with Crippen LogP contribution < -0.4 is 10.6 Å². The van der Waals surface area contributed by atoms with Crippen molar-refractivity contribution in [3.05, 3.63) is 58.1 Å². The maximum absolute atomic E-state index is 15.3. The summed E-state index contributed by atoms with van der Waals surface area (Å²) in [5.74, 6) is -7.09. The zero-order valence-electron chi connectivity index (χ0n) is 22.1. The number of nitrogens with zero attached hydrogens (tertiary/aromatic N) is 2. The van der Waals surface area contributed by atoms with Gasteiger partial charge in [-0.2, -0.15) is 5.26 Å². The summed E-state index contributed by atoms with van der Waals surface area (Å²) in [7, 11) is 0. The lowest BCUT2D eigenvalue weighted by atomic mass is 9.70. The van der Waals surface area contributed by atoms with Crippen molar-refractivity contribution < 1.29 is 28.3 Å². The fourth-order valence-corrected chi connectivity index (χ4v) is 7.55. The van der Waals surface area contributed by atoms with Gasteiger partial charge in [0.25, 0.3) is 11.8 Å². The highest BCUT2D eigenvalue weighted by atomic mass is 79.9. The molecular weight excluding hydrogens is 598 g/mol. The van der Waals surface area contributed by atoms with Gasteiger partial charge in [-0.25, -0.2) is 8.78 Å². The highest BCUT2D eigenvalue weighted by Gasteiger charge is 2.63. The summed E-state index contributed by atoms with van der Waals surface area (Å²) in [5.41, 5.74) is -0.277. The molecule has 2 aromatic rings. The molecule has 3 N–H and O–H groups in total. The smallest absolute Gasteiger partial charge is 0.264 e. The van der Waals surface area contributed by atoms with Gasteiger partial charge in [-0.05, 0) is 55.4 Å². The van der Waals surface area contributed by atoms with Gasteiger partial charge < -0.3 is 20.6 Å². The van der Waals surface area contributed by atoms with Crippen LogP contribution in [0, 0.1) is 23.2 Å². The number of amides is 3. The van der Waals surface area contributed by atoms with Crippen LogP contribution in [0.15, 0.2) is 46.9 Å². The fraction of sp³-hybridized carbons (Fsp3) is 0.467. The third-order valence-electron chi connectivity index (χ3n) is 9.12. The average molecular weight is 627 g/mol. The van der Waals surface area contributed by atoms with E-state index >= 15 is 8.78 Å². The summed E-state index contributed by atoms with van der Waals surface area (Å²) >= 11 is 3.41. The second-order valence-electron chi connectivity index (χ2n) is 11.5. The second-order valence-corrected chi connectivity index (χ2v) is 12.4. The highest BCUT2D eigenvalue weighted by Crippen LogP contribution is 2.54. The maximum Gasteiger partial charge on any atom is 0.264 e. The molecule has 3 aliphatic heterocycles. The average Bonchev–Trinajstić information content (AvgIpc) is 3.21. The minimum Gasteiger partial charge on any atom is -0.372 e. The van der Waals surface area contributed by atoms with Gasteiger partial charge in [-0.3, -0.25) is 14.4 Å². The van der Waals surface area contributed by atoms with E-state index in [9.17, 15) is 24.8 Å². The van der Waals surface area contributed by atoms with Gasteiger partial charge in [0.1, 0.15) is 12.1 Å². The Balaban J connectivity index is 1.36. The number of carbonyl (C=O) groups excluding carboxylic acids is 3. The maximum atomic E-state index is 15.3. The van der Waals surface area contributed by atoms with Crippen LogP contribution in [0.25, 0.3) is 11.1 Å². The number of benzene rings is 2. The van der Waals surface area contributed by atoms with E-state index in [0.717, 1.165) is 11.3 Å². The number of nitriles is 1. The van der Waals surface area contributed by atoms with E-state index in [-0.39, 0.29) is 25.2 Å². The molecule has 3 heterocycles. The van der Waals surface area contributed by atoms with E-state index < -0.39 is 59.7 Å². The molecule has 2 aromatic carbocycles. The Hall–Kier alpha value is -3.36. The molecule has 6 atom stereocenters. The minimum atomic E-state index is -3.20. The number of carbonyl (C=O) groups is 3. The lowest BCUT2D eigenvalue weighted by molar-refractivity contribution is -0.201. The number of nitrogens with one attached hydrogen (secondary N) is 2. The Morgan fingerprint density at radius 1 is 1.17 bits per heavy atom. The van der Waals surface area contributed by atoms with Gasteiger partial charge in [-0.1, -0.05) is 46.3 Å². The van der Waals surface area contributed by atoms with E-state index in [1.807, 2.05) is 6.07 Å². The van der Waals surface area contributed by atoms with Crippen LogP contribution in [-0.4, -0.2) is 58.3 Å². The molecule has 41 heavy (non-hydrogen) atoms. The number of halogens is 3. The van der Waals surface area contributed by atoms with Crippen LogP contribution in [0.5, 0.6) is 0 Å². The summed E-state index contributed by atoms with van der Waals surface area (Å²) in [6.45, 7) is 0.544. The van der Waals surface area contributed by atoms with Crippen molar-refractivity contribution in [2.24, 2.45) is 11.8 Å². The predicted octanol–water partition coefficient (Wildman–Crippen LogP) is 3.60. The molecule has 2 aliphatic carbocycles. The standard InChI is InChI=1S/C30H29BrF2N4O4/c31-17-7-9-21-20-5-1-2-6-22(20)30(41,24(21)13-17)28(40)37-19-8-10-23(29(32,33)14-19)25(37)27(39)36-18(15-34)12-16-4-3-11-35-26(16)38/h1-2,5-7,9,13,16,18-19,23,25,41H,3-4,8,10-12,14H2,(H,35,38)(H,36,39)/t16-,18+,19+,23+,25-,30-/m0/s1. The topological polar surface area (TPSA) is 123 Å². The molecule has 3 saturated heterocycles. The number of hydrogen-bond acceptors (Lipinski definition) is 5. The van der Waals surface area contributed by atoms with Gasteiger partial charge in [0.15, 0.2) is 5.60 Å². The van der Waals surface area contributed by atoms with Crippen molar-refractivity contribution >= 4 is 33.7 Å². The van der Waals surface area contributed by atoms with Gasteiger partial charge in [-0.15, -0.1) is 0 Å². The minimum absolute atomic E-state index is 0.0267. The first kappa shape index (κ1) is 27.8. The Morgan fingerprint density at radius 2 is 1.93 bits per heavy atom. The van der Waals surface area contributed by atoms with Crippen molar-refractivity contribution in [2.45, 2.75) is 68.2 Å². The van der Waals surface area contributed by atoms with Crippen LogP contribution in [0.4, 0.5) is 8.78 Å². The zero-order chi connectivity index (χ0) is 29.1. The Kier molecular flexibility index (Phi) is 6.90. The van der Waals surface area contributed by atoms with E-state index in [2.05, 4.69) is 26.6 Å². The van der Waals surface area contributed by atoms with Gasteiger partial charge in [0.05, 0.1) is 12.0 Å². The molecule has 214 valence electrons. The van der Waals surface area contributed by atoms with E-state index in [1.165, 1.54) is 0 Å². The van der Waals surface area contributed by atoms with Crippen LogP contribution in [0.2, 0.25) is 0 Å². The largest absolute Gasteiger partial charge is 0.372 e. The monoisotopic (exact) mass is 626 g/mol. The molecule has 0 unspecified atom stereocenters. The molecule has 0 spiro atoms. The molecule has 11 heteroatoms. The normalized spacial score (nSPS) is 30.0. The predicted molar refractivity (Wildman–Crippen MR) is 147 cm³/mol. The van der Waals surface area contributed by atoms with Crippen molar-refractivity contribution in [3.63, 3.8) is 0 Å². The lowest BCUT2D eigenvalue weighted by Gasteiger charge is -2.54. The van der Waals surface area contributed by atoms with Crippen molar-refractivity contribution in [2.75, 3.05) is 6.54 Å². The third-order valence-corrected chi connectivity index (χ3v) is 9.61. The van der Waals surface area contributed by atoms with Crippen LogP contribution in [0.1, 0.15) is 49.7 Å². The number of rotatable bonds is 5. The first-order valence-corrected chi connectivity index (χ1v) is 14.7. The van der Waals surface area contributed by atoms with Crippen LogP contribution >= 0.6 is 15.9 Å². The molecule has 1 saturated carbocycles. The Bertz CT molecular complexity index is 1480. The summed E-state index contributed by atoms with van der Waals surface area (Å²) in [6.07, 6.45) is 1.01. The molecule has 0 aromatic heterocycles. The van der Waals surface area contributed by atoms with Crippen molar-refractivity contribution in [1.82, 2.24) is 15.5 Å². The number of hydrogen-bond donors (Lipinski definition) is 3. The summed E-state index contributed by atoms with van der Waals surface area (Å²) in [4.78, 5) is 41.7. The summed E-state index contributed by atoms with van der Waals surface area (Å²) in [6, 6.07) is 10.4. The second kappa shape index (κ2) is 10.2. The molecule has 0 radical (unpaired) electrons. The van der Waals surface area contributed by atoms with E-state index in [0.29, 0.717) is 39.7 Å². The number of alkyl halides is 2. The summed E-state index contributed by atoms with van der Waals surface area (Å²) in [5, 5.41) is 27.3. The molecule has 2 bridgehead atoms. The zero-order valence-corrected chi connectivity index (χ0v) is 23.7. The van der Waals surface area contributed by atoms with Crippen LogP contribution in [-0.2, 0) is 20.0 Å². The molecule has 4 fully saturated rings. The van der Waals surface area contributed by atoms with Crippen molar-refractivity contribution in [1.29, 1.82) is 5.26 Å². The van der Waals surface area contributed by atoms with Gasteiger partial charge in [0.2, 0.25) is 11.8 Å². The highest BCUT2D eigenvalue weighted by molar-refractivity contribution is 9.10. The van der Waals surface area contributed by atoms with Gasteiger partial charge >= 0.3 is 0 Å².